The monoisotopic (exact) mass is 464 g/mol. The van der Waals surface area contributed by atoms with Gasteiger partial charge in [-0.2, -0.15) is 0 Å². The van der Waals surface area contributed by atoms with Gasteiger partial charge in [0, 0.05) is 6.54 Å². The number of sulfonamides is 1. The van der Waals surface area contributed by atoms with Gasteiger partial charge in [-0.05, 0) is 54.2 Å². The molecule has 0 aliphatic heterocycles. The lowest BCUT2D eigenvalue weighted by Gasteiger charge is -2.25. The zero-order valence-corrected chi connectivity index (χ0v) is 20.1. The molecule has 1 unspecified atom stereocenters. The largest absolute Gasteiger partial charge is 0.354 e. The molecule has 0 aliphatic rings. The maximum atomic E-state index is 13.4. The van der Waals surface area contributed by atoms with E-state index in [9.17, 15) is 13.2 Å². The number of amides is 1. The quantitative estimate of drug-likeness (QED) is 0.442. The summed E-state index contributed by atoms with van der Waals surface area (Å²) in [6, 6.07) is 25.7. The molecular formula is C27H32N2O3S. The number of nitrogens with zero attached hydrogens (tertiary/aromatic N) is 1. The highest BCUT2D eigenvalue weighted by atomic mass is 32.2. The van der Waals surface area contributed by atoms with Crippen LogP contribution in [0, 0.1) is 5.92 Å². The molecule has 0 heterocycles. The first-order chi connectivity index (χ1) is 15.9. The van der Waals surface area contributed by atoms with Gasteiger partial charge in [0.1, 0.15) is 6.54 Å². The lowest BCUT2D eigenvalue weighted by molar-refractivity contribution is -0.119. The molecule has 0 saturated carbocycles. The van der Waals surface area contributed by atoms with Crippen LogP contribution < -0.4 is 9.62 Å². The Morgan fingerprint density at radius 1 is 0.848 bits per heavy atom. The zero-order valence-electron chi connectivity index (χ0n) is 19.3. The fourth-order valence-corrected chi connectivity index (χ4v) is 5.13. The zero-order chi connectivity index (χ0) is 23.7. The average molecular weight is 465 g/mol. The summed E-state index contributed by atoms with van der Waals surface area (Å²) in [4.78, 5) is 13.0. The molecule has 1 N–H and O–H groups in total. The standard InChI is InChI=1S/C27H32N2O3S/c1-3-22-15-17-25(18-16-22)29(33(31,32)26-13-9-6-10-14-26)21-27(30)28-20-23(4-2)19-24-11-7-5-8-12-24/h5-18,23H,3-4,19-21H2,1-2H3,(H,28,30). The Balaban J connectivity index is 1.75. The van der Waals surface area contributed by atoms with E-state index in [2.05, 4.69) is 24.4 Å². The van der Waals surface area contributed by atoms with E-state index in [-0.39, 0.29) is 23.3 Å². The molecule has 0 radical (unpaired) electrons. The molecule has 3 aromatic carbocycles. The first-order valence-electron chi connectivity index (χ1n) is 11.4. The van der Waals surface area contributed by atoms with Crippen molar-refractivity contribution < 1.29 is 13.2 Å². The van der Waals surface area contributed by atoms with E-state index in [1.54, 1.807) is 42.5 Å². The molecule has 174 valence electrons. The predicted molar refractivity (Wildman–Crippen MR) is 134 cm³/mol. The van der Waals surface area contributed by atoms with Crippen LogP contribution in [0.4, 0.5) is 5.69 Å². The maximum Gasteiger partial charge on any atom is 0.264 e. The number of hydrogen-bond donors (Lipinski definition) is 1. The second kappa shape index (κ2) is 11.7. The highest BCUT2D eigenvalue weighted by Crippen LogP contribution is 2.24. The van der Waals surface area contributed by atoms with Crippen molar-refractivity contribution in [3.63, 3.8) is 0 Å². The van der Waals surface area contributed by atoms with E-state index in [4.69, 9.17) is 0 Å². The number of benzene rings is 3. The Kier molecular flexibility index (Phi) is 8.66. The minimum Gasteiger partial charge on any atom is -0.354 e. The lowest BCUT2D eigenvalue weighted by atomic mass is 9.97. The highest BCUT2D eigenvalue weighted by Gasteiger charge is 2.27. The van der Waals surface area contributed by atoms with Crippen molar-refractivity contribution in [3.05, 3.63) is 96.1 Å². The molecule has 0 fully saturated rings. The van der Waals surface area contributed by atoms with Gasteiger partial charge in [-0.15, -0.1) is 0 Å². The summed E-state index contributed by atoms with van der Waals surface area (Å²) in [5.41, 5.74) is 2.80. The fraction of sp³-hybridized carbons (Fsp3) is 0.296. The minimum atomic E-state index is -3.89. The Labute approximate surface area is 197 Å². The van der Waals surface area contributed by atoms with Crippen LogP contribution >= 0.6 is 0 Å². The van der Waals surface area contributed by atoms with Gasteiger partial charge in [0.25, 0.3) is 10.0 Å². The molecule has 0 saturated heterocycles. The average Bonchev–Trinajstić information content (AvgIpc) is 2.86. The Morgan fingerprint density at radius 3 is 2.03 bits per heavy atom. The Bertz CT molecular complexity index is 1120. The van der Waals surface area contributed by atoms with Crippen molar-refractivity contribution >= 4 is 21.6 Å². The van der Waals surface area contributed by atoms with E-state index in [0.29, 0.717) is 12.2 Å². The third kappa shape index (κ3) is 6.68. The third-order valence-electron chi connectivity index (χ3n) is 5.78. The molecule has 5 nitrogen and oxygen atoms in total. The number of hydrogen-bond acceptors (Lipinski definition) is 3. The van der Waals surface area contributed by atoms with Crippen LogP contribution in [0.3, 0.4) is 0 Å². The predicted octanol–water partition coefficient (Wildman–Crippen LogP) is 4.83. The van der Waals surface area contributed by atoms with Crippen LogP contribution in [-0.4, -0.2) is 27.4 Å². The van der Waals surface area contributed by atoms with Crippen LogP contribution in [0.15, 0.2) is 89.8 Å². The van der Waals surface area contributed by atoms with Crippen LogP contribution in [0.2, 0.25) is 0 Å². The second-order valence-electron chi connectivity index (χ2n) is 8.11. The molecule has 33 heavy (non-hydrogen) atoms. The van der Waals surface area contributed by atoms with Gasteiger partial charge in [0.05, 0.1) is 10.6 Å². The molecule has 3 aromatic rings. The lowest BCUT2D eigenvalue weighted by Crippen LogP contribution is -2.42. The molecule has 0 aromatic heterocycles. The number of anilines is 1. The number of nitrogens with one attached hydrogen (secondary N) is 1. The number of rotatable bonds is 11. The van der Waals surface area contributed by atoms with Gasteiger partial charge in [0.2, 0.25) is 5.91 Å². The fourth-order valence-electron chi connectivity index (χ4n) is 3.69. The Hall–Kier alpha value is -3.12. The van der Waals surface area contributed by atoms with Gasteiger partial charge in [-0.25, -0.2) is 8.42 Å². The number of carbonyl (C=O) groups excluding carboxylic acids is 1. The van der Waals surface area contributed by atoms with Crippen LogP contribution in [0.5, 0.6) is 0 Å². The van der Waals surface area contributed by atoms with E-state index >= 15 is 0 Å². The van der Waals surface area contributed by atoms with Crippen molar-refractivity contribution in [2.45, 2.75) is 38.0 Å². The molecule has 1 atom stereocenters. The number of carbonyl (C=O) groups is 1. The third-order valence-corrected chi connectivity index (χ3v) is 7.57. The summed E-state index contributed by atoms with van der Waals surface area (Å²) >= 11 is 0. The van der Waals surface area contributed by atoms with Gasteiger partial charge in [-0.3, -0.25) is 9.10 Å². The highest BCUT2D eigenvalue weighted by molar-refractivity contribution is 7.92. The first kappa shape index (κ1) is 24.5. The van der Waals surface area contributed by atoms with E-state index in [1.807, 2.05) is 37.3 Å². The van der Waals surface area contributed by atoms with Crippen molar-refractivity contribution in [1.82, 2.24) is 5.32 Å². The van der Waals surface area contributed by atoms with E-state index < -0.39 is 10.0 Å². The van der Waals surface area contributed by atoms with Crippen molar-refractivity contribution in [2.75, 3.05) is 17.4 Å². The SMILES string of the molecule is CCc1ccc(N(CC(=O)NCC(CC)Cc2ccccc2)S(=O)(=O)c2ccccc2)cc1. The molecule has 0 bridgehead atoms. The summed E-state index contributed by atoms with van der Waals surface area (Å²) in [6.45, 7) is 4.37. The second-order valence-corrected chi connectivity index (χ2v) is 9.98. The topological polar surface area (TPSA) is 66.5 Å². The van der Waals surface area contributed by atoms with Crippen molar-refractivity contribution in [2.24, 2.45) is 5.92 Å². The summed E-state index contributed by atoms with van der Waals surface area (Å²) in [5, 5.41) is 2.96. The molecule has 3 rings (SSSR count). The van der Waals surface area contributed by atoms with Crippen LogP contribution in [0.1, 0.15) is 31.4 Å². The molecule has 0 aliphatic carbocycles. The van der Waals surface area contributed by atoms with E-state index in [1.165, 1.54) is 9.87 Å². The van der Waals surface area contributed by atoms with E-state index in [0.717, 1.165) is 24.8 Å². The minimum absolute atomic E-state index is 0.160. The van der Waals surface area contributed by atoms with Gasteiger partial charge in [0.15, 0.2) is 0 Å². The maximum absolute atomic E-state index is 13.4. The van der Waals surface area contributed by atoms with Gasteiger partial charge < -0.3 is 5.32 Å². The normalized spacial score (nSPS) is 12.2. The molecule has 1 amide bonds. The summed E-state index contributed by atoms with van der Waals surface area (Å²) in [5.74, 6) is -0.0417. The molecule has 6 heteroatoms. The smallest absolute Gasteiger partial charge is 0.264 e. The van der Waals surface area contributed by atoms with Crippen molar-refractivity contribution in [1.29, 1.82) is 0 Å². The van der Waals surface area contributed by atoms with Crippen LogP contribution in [0.25, 0.3) is 0 Å². The number of aryl methyl sites for hydroxylation is 1. The van der Waals surface area contributed by atoms with Gasteiger partial charge in [-0.1, -0.05) is 80.9 Å². The Morgan fingerprint density at radius 2 is 1.45 bits per heavy atom. The summed E-state index contributed by atoms with van der Waals surface area (Å²) in [6.07, 6.45) is 2.63. The van der Waals surface area contributed by atoms with Gasteiger partial charge >= 0.3 is 0 Å². The van der Waals surface area contributed by atoms with Crippen LogP contribution in [-0.2, 0) is 27.7 Å². The summed E-state index contributed by atoms with van der Waals surface area (Å²) in [7, 11) is -3.89. The molecule has 0 spiro atoms. The first-order valence-corrected chi connectivity index (χ1v) is 12.8. The molecular weight excluding hydrogens is 432 g/mol. The summed E-state index contributed by atoms with van der Waals surface area (Å²) < 4.78 is 28.0. The van der Waals surface area contributed by atoms with Crippen molar-refractivity contribution in [3.8, 4) is 0 Å².